The summed E-state index contributed by atoms with van der Waals surface area (Å²) in [5.74, 6) is 0.469. The topological polar surface area (TPSA) is 80.8 Å². The minimum atomic E-state index is -2.56. The minimum absolute atomic E-state index is 0.226. The zero-order chi connectivity index (χ0) is 13.4. The number of nitrogens with two attached hydrogens (primary N) is 1. The van der Waals surface area contributed by atoms with Gasteiger partial charge in [0.25, 0.3) is 6.43 Å². The number of hydrogen-bond donors (Lipinski definition) is 1. The van der Waals surface area contributed by atoms with Crippen molar-refractivity contribution < 1.29 is 8.78 Å². The second-order valence-corrected chi connectivity index (χ2v) is 5.15. The molecule has 0 unspecified atom stereocenters. The van der Waals surface area contributed by atoms with Crippen molar-refractivity contribution >= 4 is 22.4 Å². The Morgan fingerprint density at radius 1 is 1.37 bits per heavy atom. The van der Waals surface area contributed by atoms with Gasteiger partial charge in [-0.25, -0.2) is 18.7 Å². The molecule has 0 radical (unpaired) electrons. The lowest BCUT2D eigenvalue weighted by Crippen LogP contribution is -2.45. The fraction of sp³-hybridized carbons (Fsp3) is 0.400. The monoisotopic (exact) mass is 284 g/mol. The van der Waals surface area contributed by atoms with Gasteiger partial charge in [-0.2, -0.15) is 0 Å². The van der Waals surface area contributed by atoms with E-state index in [2.05, 4.69) is 20.2 Å². The van der Waals surface area contributed by atoms with Crippen LogP contribution in [0.5, 0.6) is 0 Å². The van der Waals surface area contributed by atoms with Gasteiger partial charge in [-0.3, -0.25) is 0 Å². The molecular weight excluding hydrogens is 274 g/mol. The third-order valence-corrected chi connectivity index (χ3v) is 3.87. The highest BCUT2D eigenvalue weighted by atomic mass is 32.1. The molecule has 0 amide bonds. The van der Waals surface area contributed by atoms with Crippen LogP contribution in [0, 0.1) is 0 Å². The maximum Gasteiger partial charge on any atom is 0.291 e. The molecule has 2 aromatic heterocycles. The van der Waals surface area contributed by atoms with Crippen molar-refractivity contribution in [1.29, 1.82) is 0 Å². The fourth-order valence-corrected chi connectivity index (χ4v) is 2.60. The first-order valence-electron chi connectivity index (χ1n) is 5.58. The van der Waals surface area contributed by atoms with Crippen LogP contribution in [0.25, 0.3) is 0 Å². The van der Waals surface area contributed by atoms with Gasteiger partial charge >= 0.3 is 0 Å². The lowest BCUT2D eigenvalue weighted by atomic mass is 9.97. The Labute approximate surface area is 111 Å². The van der Waals surface area contributed by atoms with Crippen molar-refractivity contribution in [1.82, 2.24) is 20.2 Å². The third-order valence-electron chi connectivity index (χ3n) is 2.88. The van der Waals surface area contributed by atoms with Gasteiger partial charge in [0.05, 0.1) is 5.69 Å². The van der Waals surface area contributed by atoms with Crippen molar-refractivity contribution in [3.8, 4) is 0 Å². The van der Waals surface area contributed by atoms with E-state index < -0.39 is 6.43 Å². The molecule has 3 rings (SSSR count). The van der Waals surface area contributed by atoms with Crippen LogP contribution in [0.3, 0.4) is 0 Å². The van der Waals surface area contributed by atoms with Gasteiger partial charge in [0.2, 0.25) is 11.1 Å². The predicted octanol–water partition coefficient (Wildman–Crippen LogP) is 1.45. The van der Waals surface area contributed by atoms with E-state index in [1.165, 1.54) is 0 Å². The zero-order valence-electron chi connectivity index (χ0n) is 9.70. The zero-order valence-corrected chi connectivity index (χ0v) is 10.5. The Kier molecular flexibility index (Phi) is 2.97. The summed E-state index contributed by atoms with van der Waals surface area (Å²) in [5.41, 5.74) is 6.38. The molecule has 1 fully saturated rings. The van der Waals surface area contributed by atoms with Crippen LogP contribution in [-0.2, 0) is 0 Å². The Hall–Kier alpha value is -1.90. The fourth-order valence-electron chi connectivity index (χ4n) is 1.88. The van der Waals surface area contributed by atoms with Crippen molar-refractivity contribution in [2.75, 3.05) is 23.7 Å². The molecule has 1 aliphatic rings. The Morgan fingerprint density at radius 3 is 2.79 bits per heavy atom. The predicted molar refractivity (Wildman–Crippen MR) is 66.3 cm³/mol. The summed E-state index contributed by atoms with van der Waals surface area (Å²) in [6, 6.07) is 1.81. The normalized spacial score (nSPS) is 15.8. The molecule has 6 nitrogen and oxygen atoms in total. The second kappa shape index (κ2) is 4.65. The van der Waals surface area contributed by atoms with Crippen LogP contribution in [0.15, 0.2) is 12.3 Å². The number of rotatable bonds is 3. The van der Waals surface area contributed by atoms with Crippen molar-refractivity contribution in [3.63, 3.8) is 0 Å². The summed E-state index contributed by atoms with van der Waals surface area (Å²) < 4.78 is 24.8. The number of anilines is 2. The Balaban J connectivity index is 1.66. The molecule has 9 heteroatoms. The maximum absolute atomic E-state index is 12.4. The molecule has 19 heavy (non-hydrogen) atoms. The van der Waals surface area contributed by atoms with Crippen LogP contribution in [-0.4, -0.2) is 33.3 Å². The Morgan fingerprint density at radius 2 is 2.16 bits per heavy atom. The largest absolute Gasteiger partial charge is 0.368 e. The maximum atomic E-state index is 12.4. The van der Waals surface area contributed by atoms with E-state index in [1.54, 1.807) is 6.20 Å². The van der Waals surface area contributed by atoms with E-state index in [9.17, 15) is 8.78 Å². The molecule has 1 aliphatic heterocycles. The highest BCUT2D eigenvalue weighted by Crippen LogP contribution is 2.34. The van der Waals surface area contributed by atoms with E-state index >= 15 is 0 Å². The summed E-state index contributed by atoms with van der Waals surface area (Å²) in [6.07, 6.45) is -0.954. The second-order valence-electron chi connectivity index (χ2n) is 4.17. The highest BCUT2D eigenvalue weighted by Gasteiger charge is 2.32. The number of aromatic nitrogens is 4. The summed E-state index contributed by atoms with van der Waals surface area (Å²) in [7, 11) is 0. The van der Waals surface area contributed by atoms with Crippen LogP contribution < -0.4 is 10.6 Å². The molecule has 100 valence electrons. The molecule has 2 N–H and O–H groups in total. The van der Waals surface area contributed by atoms with Crippen LogP contribution in [0.2, 0.25) is 0 Å². The summed E-state index contributed by atoms with van der Waals surface area (Å²) in [5, 5.41) is 7.50. The standard InChI is InChI=1S/C10H10F2N6S/c11-7(12)8-16-17-10(19-8)18-3-5(4-18)6-1-2-14-9(13)15-6/h1-2,5,7H,3-4H2,(H2,13,14,15). The smallest absolute Gasteiger partial charge is 0.291 e. The van der Waals surface area contributed by atoms with E-state index in [4.69, 9.17) is 5.73 Å². The van der Waals surface area contributed by atoms with Crippen molar-refractivity contribution in [2.45, 2.75) is 12.3 Å². The van der Waals surface area contributed by atoms with E-state index in [1.807, 2.05) is 11.0 Å². The minimum Gasteiger partial charge on any atom is -0.368 e. The molecule has 1 saturated heterocycles. The first-order chi connectivity index (χ1) is 9.13. The SMILES string of the molecule is Nc1nccc(C2CN(c3nnc(C(F)F)s3)C2)n1. The molecule has 2 aromatic rings. The lowest BCUT2D eigenvalue weighted by Gasteiger charge is -2.38. The molecule has 0 aromatic carbocycles. The summed E-state index contributed by atoms with van der Waals surface area (Å²) >= 11 is 0.922. The van der Waals surface area contributed by atoms with E-state index in [0.717, 1.165) is 17.0 Å². The molecule has 3 heterocycles. The molecule has 0 bridgehead atoms. The van der Waals surface area contributed by atoms with Crippen LogP contribution in [0.1, 0.15) is 23.0 Å². The van der Waals surface area contributed by atoms with Gasteiger partial charge in [0, 0.05) is 25.2 Å². The first kappa shape index (κ1) is 12.2. The average molecular weight is 284 g/mol. The highest BCUT2D eigenvalue weighted by molar-refractivity contribution is 7.15. The lowest BCUT2D eigenvalue weighted by molar-refractivity contribution is 0.150. The van der Waals surface area contributed by atoms with Gasteiger partial charge in [0.1, 0.15) is 0 Å². The third kappa shape index (κ3) is 2.33. The van der Waals surface area contributed by atoms with Gasteiger partial charge in [0.15, 0.2) is 5.01 Å². The molecule has 0 aliphatic carbocycles. The quantitative estimate of drug-likeness (QED) is 0.918. The van der Waals surface area contributed by atoms with E-state index in [0.29, 0.717) is 18.2 Å². The molecule has 0 atom stereocenters. The summed E-state index contributed by atoms with van der Waals surface area (Å²) in [4.78, 5) is 9.87. The van der Waals surface area contributed by atoms with Crippen molar-refractivity contribution in [2.24, 2.45) is 0 Å². The number of hydrogen-bond acceptors (Lipinski definition) is 7. The Bertz CT molecular complexity index is 583. The van der Waals surface area contributed by atoms with Gasteiger partial charge in [-0.05, 0) is 6.07 Å². The molecular formula is C10H10F2N6S. The number of nitrogen functional groups attached to an aromatic ring is 1. The number of halogens is 2. The van der Waals surface area contributed by atoms with Gasteiger partial charge in [-0.1, -0.05) is 11.3 Å². The molecule has 0 saturated carbocycles. The van der Waals surface area contributed by atoms with Crippen LogP contribution >= 0.6 is 11.3 Å². The number of nitrogens with zero attached hydrogens (tertiary/aromatic N) is 5. The van der Waals surface area contributed by atoms with Crippen molar-refractivity contribution in [3.05, 3.63) is 23.0 Å². The van der Waals surface area contributed by atoms with Gasteiger partial charge in [-0.15, -0.1) is 10.2 Å². The number of alkyl halides is 2. The van der Waals surface area contributed by atoms with Gasteiger partial charge < -0.3 is 10.6 Å². The molecule has 0 spiro atoms. The van der Waals surface area contributed by atoms with E-state index in [-0.39, 0.29) is 16.9 Å². The van der Waals surface area contributed by atoms with Crippen LogP contribution in [0.4, 0.5) is 19.9 Å². The first-order valence-corrected chi connectivity index (χ1v) is 6.40. The summed E-state index contributed by atoms with van der Waals surface area (Å²) in [6.45, 7) is 1.35. The average Bonchev–Trinajstić information content (AvgIpc) is 2.76.